The van der Waals surface area contributed by atoms with Gasteiger partial charge in [0.15, 0.2) is 0 Å². The van der Waals surface area contributed by atoms with Gasteiger partial charge in [0, 0.05) is 23.5 Å². The van der Waals surface area contributed by atoms with Crippen molar-refractivity contribution in [2.24, 2.45) is 11.3 Å². The SMILES string of the molecule is C=C1C(C)CC(=O)N1C(C)(C)C(C)(C)C(C)=O. The zero-order valence-electron chi connectivity index (χ0n) is 11.8. The van der Waals surface area contributed by atoms with Gasteiger partial charge in [-0.05, 0) is 20.8 Å². The van der Waals surface area contributed by atoms with Crippen LogP contribution >= 0.6 is 0 Å². The molecule has 1 fully saturated rings. The maximum atomic E-state index is 12.1. The maximum absolute atomic E-state index is 12.1. The first-order valence-electron chi connectivity index (χ1n) is 6.06. The summed E-state index contributed by atoms with van der Waals surface area (Å²) in [6, 6.07) is 0. The highest BCUT2D eigenvalue weighted by molar-refractivity contribution is 5.87. The Kier molecular flexibility index (Phi) is 3.25. The third kappa shape index (κ3) is 1.92. The normalized spacial score (nSPS) is 22.2. The molecule has 1 unspecified atom stereocenters. The molecule has 3 nitrogen and oxygen atoms in total. The molecule has 0 aromatic carbocycles. The number of carbonyl (C=O) groups excluding carboxylic acids is 2. The van der Waals surface area contributed by atoms with Crippen LogP contribution in [-0.4, -0.2) is 22.1 Å². The van der Waals surface area contributed by atoms with Crippen LogP contribution in [0.2, 0.25) is 0 Å². The fourth-order valence-corrected chi connectivity index (χ4v) is 2.23. The summed E-state index contributed by atoms with van der Waals surface area (Å²) >= 11 is 0. The van der Waals surface area contributed by atoms with Gasteiger partial charge >= 0.3 is 0 Å². The van der Waals surface area contributed by atoms with E-state index in [-0.39, 0.29) is 17.6 Å². The quantitative estimate of drug-likeness (QED) is 0.757. The number of rotatable bonds is 3. The molecule has 96 valence electrons. The summed E-state index contributed by atoms with van der Waals surface area (Å²) in [6.07, 6.45) is 0.496. The molecule has 1 saturated heterocycles. The third-order valence-corrected chi connectivity index (χ3v) is 4.55. The number of allylic oxidation sites excluding steroid dienone is 1. The first-order chi connectivity index (χ1) is 7.53. The standard InChI is InChI=1S/C14H23NO2/c1-9-8-12(17)15(10(9)2)14(6,7)13(4,5)11(3)16/h9H,2,8H2,1,3-7H3. The van der Waals surface area contributed by atoms with Gasteiger partial charge in [0.05, 0.1) is 5.54 Å². The molecule has 0 N–H and O–H groups in total. The topological polar surface area (TPSA) is 37.4 Å². The molecule has 3 heteroatoms. The molecule has 1 heterocycles. The van der Waals surface area contributed by atoms with Crippen LogP contribution in [0, 0.1) is 11.3 Å². The summed E-state index contributed by atoms with van der Waals surface area (Å²) in [5.41, 5.74) is -0.303. The highest BCUT2D eigenvalue weighted by Gasteiger charge is 2.50. The van der Waals surface area contributed by atoms with E-state index in [1.165, 1.54) is 0 Å². The number of ketones is 1. The van der Waals surface area contributed by atoms with Gasteiger partial charge in [0.25, 0.3) is 0 Å². The van der Waals surface area contributed by atoms with Crippen LogP contribution in [0.3, 0.4) is 0 Å². The number of likely N-dealkylation sites (tertiary alicyclic amines) is 1. The van der Waals surface area contributed by atoms with Gasteiger partial charge in [-0.3, -0.25) is 9.59 Å². The average Bonchev–Trinajstić information content (AvgIpc) is 2.40. The Hall–Kier alpha value is -1.12. The van der Waals surface area contributed by atoms with E-state index in [9.17, 15) is 9.59 Å². The van der Waals surface area contributed by atoms with Gasteiger partial charge in [-0.15, -0.1) is 0 Å². The van der Waals surface area contributed by atoms with Crippen LogP contribution in [0.15, 0.2) is 12.3 Å². The van der Waals surface area contributed by atoms with Gasteiger partial charge in [0.2, 0.25) is 5.91 Å². The Bertz CT molecular complexity index is 380. The molecule has 17 heavy (non-hydrogen) atoms. The molecular weight excluding hydrogens is 214 g/mol. The zero-order chi connectivity index (χ0) is 13.6. The molecule has 1 rings (SSSR count). The van der Waals surface area contributed by atoms with E-state index in [4.69, 9.17) is 0 Å². The smallest absolute Gasteiger partial charge is 0.227 e. The van der Waals surface area contributed by atoms with Crippen LogP contribution in [0.25, 0.3) is 0 Å². The second-order valence-corrected chi connectivity index (χ2v) is 6.07. The van der Waals surface area contributed by atoms with Crippen molar-refractivity contribution in [2.75, 3.05) is 0 Å². The van der Waals surface area contributed by atoms with Crippen molar-refractivity contribution in [3.63, 3.8) is 0 Å². The average molecular weight is 237 g/mol. The highest BCUT2D eigenvalue weighted by Crippen LogP contribution is 2.43. The summed E-state index contributed by atoms with van der Waals surface area (Å²) in [4.78, 5) is 25.6. The minimum absolute atomic E-state index is 0.0711. The molecule has 1 aliphatic rings. The number of hydrogen-bond acceptors (Lipinski definition) is 2. The third-order valence-electron chi connectivity index (χ3n) is 4.55. The van der Waals surface area contributed by atoms with Crippen LogP contribution in [-0.2, 0) is 9.59 Å². The molecule has 0 bridgehead atoms. The lowest BCUT2D eigenvalue weighted by molar-refractivity contribution is -0.140. The second kappa shape index (κ2) is 3.97. The maximum Gasteiger partial charge on any atom is 0.227 e. The summed E-state index contributed by atoms with van der Waals surface area (Å²) in [7, 11) is 0. The first kappa shape index (κ1) is 13.9. The first-order valence-corrected chi connectivity index (χ1v) is 6.06. The van der Waals surface area contributed by atoms with Gasteiger partial charge in [-0.1, -0.05) is 27.4 Å². The Morgan fingerprint density at radius 2 is 1.82 bits per heavy atom. The van der Waals surface area contributed by atoms with Gasteiger partial charge in [-0.2, -0.15) is 0 Å². The largest absolute Gasteiger partial charge is 0.310 e. The van der Waals surface area contributed by atoms with Crippen molar-refractivity contribution < 1.29 is 9.59 Å². The van der Waals surface area contributed by atoms with E-state index in [1.807, 2.05) is 34.6 Å². The monoisotopic (exact) mass is 237 g/mol. The van der Waals surface area contributed by atoms with Crippen LogP contribution in [0.1, 0.15) is 48.0 Å². The number of carbonyl (C=O) groups is 2. The number of hydrogen-bond donors (Lipinski definition) is 0. The summed E-state index contributed by atoms with van der Waals surface area (Å²) < 4.78 is 0. The minimum Gasteiger partial charge on any atom is -0.310 e. The molecule has 0 aliphatic carbocycles. The molecule has 1 aliphatic heterocycles. The lowest BCUT2D eigenvalue weighted by atomic mass is 9.70. The van der Waals surface area contributed by atoms with Crippen molar-refractivity contribution in [2.45, 2.75) is 53.5 Å². The van der Waals surface area contributed by atoms with Gasteiger partial charge in [0.1, 0.15) is 5.78 Å². The molecule has 0 aromatic heterocycles. The van der Waals surface area contributed by atoms with Crippen molar-refractivity contribution in [3.8, 4) is 0 Å². The molecule has 0 radical (unpaired) electrons. The molecular formula is C14H23NO2. The summed E-state index contributed by atoms with van der Waals surface area (Å²) in [6.45, 7) is 15.2. The van der Waals surface area contributed by atoms with E-state index in [1.54, 1.807) is 11.8 Å². The summed E-state index contributed by atoms with van der Waals surface area (Å²) in [5, 5.41) is 0. The van der Waals surface area contributed by atoms with E-state index in [2.05, 4.69) is 6.58 Å². The Morgan fingerprint density at radius 3 is 2.12 bits per heavy atom. The van der Waals surface area contributed by atoms with Gasteiger partial charge in [-0.25, -0.2) is 0 Å². The minimum atomic E-state index is -0.588. The predicted octanol–water partition coefficient (Wildman–Crippen LogP) is 2.76. The molecule has 0 saturated carbocycles. The Balaban J connectivity index is 3.19. The lowest BCUT2D eigenvalue weighted by Crippen LogP contribution is -2.56. The zero-order valence-corrected chi connectivity index (χ0v) is 11.8. The van der Waals surface area contributed by atoms with Crippen LogP contribution in [0.5, 0.6) is 0 Å². The van der Waals surface area contributed by atoms with Crippen LogP contribution in [0.4, 0.5) is 0 Å². The lowest BCUT2D eigenvalue weighted by Gasteiger charge is -2.47. The molecule has 1 atom stereocenters. The van der Waals surface area contributed by atoms with E-state index in [0.29, 0.717) is 6.42 Å². The Labute approximate surface area is 104 Å². The van der Waals surface area contributed by atoms with E-state index >= 15 is 0 Å². The van der Waals surface area contributed by atoms with Crippen LogP contribution < -0.4 is 0 Å². The molecule has 1 amide bonds. The van der Waals surface area contributed by atoms with Crippen molar-refractivity contribution >= 4 is 11.7 Å². The fourth-order valence-electron chi connectivity index (χ4n) is 2.23. The van der Waals surface area contributed by atoms with Crippen molar-refractivity contribution in [1.29, 1.82) is 0 Å². The van der Waals surface area contributed by atoms with Crippen molar-refractivity contribution in [3.05, 3.63) is 12.3 Å². The summed E-state index contributed by atoms with van der Waals surface area (Å²) in [5.74, 6) is 0.328. The molecule has 0 spiro atoms. The van der Waals surface area contributed by atoms with Gasteiger partial charge < -0.3 is 4.90 Å². The van der Waals surface area contributed by atoms with E-state index < -0.39 is 11.0 Å². The fraction of sp³-hybridized carbons (Fsp3) is 0.714. The Morgan fingerprint density at radius 1 is 1.35 bits per heavy atom. The number of Topliss-reactive ketones (excluding diaryl/α,β-unsaturated/α-hetero) is 1. The van der Waals surface area contributed by atoms with E-state index in [0.717, 1.165) is 5.70 Å². The highest BCUT2D eigenvalue weighted by atomic mass is 16.2. The second-order valence-electron chi connectivity index (χ2n) is 6.07. The number of amides is 1. The molecule has 0 aromatic rings. The predicted molar refractivity (Wildman–Crippen MR) is 68.3 cm³/mol. The van der Waals surface area contributed by atoms with Crippen molar-refractivity contribution in [1.82, 2.24) is 4.90 Å². The number of nitrogens with zero attached hydrogens (tertiary/aromatic N) is 1.